The van der Waals surface area contributed by atoms with E-state index in [0.717, 1.165) is 11.1 Å². The van der Waals surface area contributed by atoms with Crippen molar-refractivity contribution < 1.29 is 25.6 Å². The Balaban J connectivity index is -0.000000422. The first-order chi connectivity index (χ1) is 5.97. The van der Waals surface area contributed by atoms with Crippen LogP contribution in [0.2, 0.25) is 0 Å². The molecule has 0 atom stereocenters. The van der Waals surface area contributed by atoms with Crippen molar-refractivity contribution in [3.8, 4) is 11.1 Å². The first-order valence-electron chi connectivity index (χ1n) is 3.90. The summed E-state index contributed by atoms with van der Waals surface area (Å²) >= 11 is 0. The number of rotatable bonds is 1. The molecule has 4 heteroatoms. The fraction of sp³-hybridized carbons (Fsp3) is 0. The molecule has 0 aliphatic rings. The number of hydrogen-bond acceptors (Lipinski definition) is 0. The molecule has 0 saturated heterocycles. The molecule has 0 unspecified atom stereocenters. The molecule has 0 saturated carbocycles. The second kappa shape index (κ2) is 10.5. The van der Waals surface area contributed by atoms with E-state index in [1.807, 2.05) is 48.5 Å². The summed E-state index contributed by atoms with van der Waals surface area (Å²) in [5.74, 6) is 0. The molecule has 2 aromatic rings. The molecular weight excluding hydrogens is 380 g/mol. The van der Waals surface area contributed by atoms with E-state index in [2.05, 4.69) is 12.1 Å². The van der Waals surface area contributed by atoms with Gasteiger partial charge in [0, 0.05) is 20.1 Å². The Hall–Kier alpha value is -1.03. The summed E-state index contributed by atoms with van der Waals surface area (Å²) in [4.78, 5) is 0. The van der Waals surface area contributed by atoms with Gasteiger partial charge in [0.15, 0.2) is 0 Å². The summed E-state index contributed by atoms with van der Waals surface area (Å²) in [6, 6.07) is 22.1. The minimum Gasteiger partial charge on any atom is -0.693 e. The first-order valence-corrected chi connectivity index (χ1v) is 3.90. The zero-order valence-corrected chi connectivity index (χ0v) is 11.0. The van der Waals surface area contributed by atoms with Gasteiger partial charge in [-0.2, -0.15) is 48.5 Å². The van der Waals surface area contributed by atoms with Crippen molar-refractivity contribution in [2.75, 3.05) is 0 Å². The van der Waals surface area contributed by atoms with Gasteiger partial charge in [-0.3, -0.25) is 0 Å². The molecule has 0 fully saturated rings. The Labute approximate surface area is 110 Å². The molecule has 0 aromatic heterocycles. The van der Waals surface area contributed by atoms with Crippen molar-refractivity contribution in [1.29, 1.82) is 0 Å². The third-order valence-corrected chi connectivity index (χ3v) is 1.71. The molecule has 3 nitrogen and oxygen atoms in total. The third kappa shape index (κ3) is 5.16. The zero-order valence-electron chi connectivity index (χ0n) is 8.61. The van der Waals surface area contributed by atoms with Crippen molar-refractivity contribution in [2.45, 2.75) is 0 Å². The van der Waals surface area contributed by atoms with Gasteiger partial charge in [0.2, 0.25) is 0 Å². The molecule has 0 heterocycles. The molecule has 16 heavy (non-hydrogen) atoms. The van der Waals surface area contributed by atoms with Crippen molar-refractivity contribution >= 4 is 0 Å². The second-order valence-electron chi connectivity index (χ2n) is 2.55. The van der Waals surface area contributed by atoms with Gasteiger partial charge in [-0.05, 0) is 0 Å². The summed E-state index contributed by atoms with van der Waals surface area (Å²) in [5, 5.41) is 0. The first kappa shape index (κ1) is 20.4. The van der Waals surface area contributed by atoms with Gasteiger partial charge in [-0.25, -0.2) is 11.1 Å². The minimum atomic E-state index is 0. The second-order valence-corrected chi connectivity index (χ2v) is 2.55. The smallest absolute Gasteiger partial charge is 0 e. The van der Waals surface area contributed by atoms with E-state index < -0.39 is 0 Å². The molecular formula is C12H14IrN2O-4. The predicted octanol–water partition coefficient (Wildman–Crippen LogP) is 3.56. The van der Waals surface area contributed by atoms with Crippen LogP contribution < -0.4 is 0 Å². The largest absolute Gasteiger partial charge is 0.693 e. The molecule has 6 N–H and O–H groups in total. The maximum absolute atomic E-state index is 3.15. The average molecular weight is 394 g/mol. The summed E-state index contributed by atoms with van der Waals surface area (Å²) in [6.07, 6.45) is 0. The standard InChI is InChI=1S/C12H8.Ir.2H2N.H2O/c1-3-7-11(8-4-1)12-9-5-2-6-10-12;;;;/h1-7,9H;;3*1H2/q-2;;2*-1;. The molecule has 0 aliphatic carbocycles. The van der Waals surface area contributed by atoms with Crippen LogP contribution in [-0.4, -0.2) is 5.48 Å². The van der Waals surface area contributed by atoms with Gasteiger partial charge in [-0.15, -0.1) is 12.1 Å². The Morgan fingerprint density at radius 2 is 1.06 bits per heavy atom. The molecule has 2 rings (SSSR count). The van der Waals surface area contributed by atoms with E-state index in [1.54, 1.807) is 0 Å². The quantitative estimate of drug-likeness (QED) is 0.661. The van der Waals surface area contributed by atoms with E-state index in [-0.39, 0.29) is 37.9 Å². The van der Waals surface area contributed by atoms with Crippen LogP contribution in [-0.2, 0) is 20.1 Å². The normalized spacial score (nSPS) is 7.25. The monoisotopic (exact) mass is 395 g/mol. The van der Waals surface area contributed by atoms with Gasteiger partial charge >= 0.3 is 0 Å². The van der Waals surface area contributed by atoms with Gasteiger partial charge < -0.3 is 17.8 Å². The van der Waals surface area contributed by atoms with Crippen LogP contribution in [0.15, 0.2) is 48.5 Å². The average Bonchev–Trinajstić information content (AvgIpc) is 2.21. The third-order valence-electron chi connectivity index (χ3n) is 1.71. The summed E-state index contributed by atoms with van der Waals surface area (Å²) in [7, 11) is 0. The molecule has 1 radical (unpaired) electrons. The van der Waals surface area contributed by atoms with E-state index in [4.69, 9.17) is 0 Å². The predicted molar refractivity (Wildman–Crippen MR) is 63.7 cm³/mol. The molecule has 91 valence electrons. The van der Waals surface area contributed by atoms with Crippen molar-refractivity contribution in [2.24, 2.45) is 0 Å². The van der Waals surface area contributed by atoms with Gasteiger partial charge in [0.05, 0.1) is 0 Å². The van der Waals surface area contributed by atoms with Crippen LogP contribution in [0.3, 0.4) is 0 Å². The van der Waals surface area contributed by atoms with Crippen LogP contribution in [0.1, 0.15) is 0 Å². The van der Waals surface area contributed by atoms with E-state index >= 15 is 0 Å². The Morgan fingerprint density at radius 3 is 1.31 bits per heavy atom. The summed E-state index contributed by atoms with van der Waals surface area (Å²) in [5.41, 5.74) is 2.19. The van der Waals surface area contributed by atoms with E-state index in [0.29, 0.717) is 0 Å². The van der Waals surface area contributed by atoms with Crippen LogP contribution in [0.25, 0.3) is 23.4 Å². The summed E-state index contributed by atoms with van der Waals surface area (Å²) < 4.78 is 0. The van der Waals surface area contributed by atoms with Crippen molar-refractivity contribution in [3.05, 3.63) is 73.0 Å². The van der Waals surface area contributed by atoms with Gasteiger partial charge in [-0.1, -0.05) is 0 Å². The number of nitrogens with two attached hydrogens (primary N) is 2. The van der Waals surface area contributed by atoms with Crippen molar-refractivity contribution in [3.63, 3.8) is 0 Å². The molecule has 0 spiro atoms. The van der Waals surface area contributed by atoms with Crippen LogP contribution in [0.5, 0.6) is 0 Å². The van der Waals surface area contributed by atoms with Crippen molar-refractivity contribution in [1.82, 2.24) is 0 Å². The van der Waals surface area contributed by atoms with E-state index in [9.17, 15) is 0 Å². The Morgan fingerprint density at radius 1 is 0.688 bits per heavy atom. The summed E-state index contributed by atoms with van der Waals surface area (Å²) in [6.45, 7) is 0. The number of hydrogen-bond donors (Lipinski definition) is 0. The SMILES string of the molecule is O.[Ir].[NH2-].[NH2-].[c-]1ccccc1-c1[c-]cccc1. The van der Waals surface area contributed by atoms with Crippen LogP contribution in [0, 0.1) is 12.1 Å². The Bertz CT molecular complexity index is 316. The maximum Gasteiger partial charge on any atom is 0 e. The Kier molecular flexibility index (Phi) is 13.4. The molecule has 0 bridgehead atoms. The van der Waals surface area contributed by atoms with Gasteiger partial charge in [0.1, 0.15) is 0 Å². The van der Waals surface area contributed by atoms with Gasteiger partial charge in [0.25, 0.3) is 0 Å². The topological polar surface area (TPSA) is 98.5 Å². The fourth-order valence-corrected chi connectivity index (χ4v) is 1.12. The fourth-order valence-electron chi connectivity index (χ4n) is 1.12. The van der Waals surface area contributed by atoms with Crippen LogP contribution in [0.4, 0.5) is 0 Å². The zero-order chi connectivity index (χ0) is 8.23. The molecule has 0 aliphatic heterocycles. The maximum atomic E-state index is 3.15. The minimum absolute atomic E-state index is 0. The number of benzene rings is 2. The van der Waals surface area contributed by atoms with E-state index in [1.165, 1.54) is 0 Å². The van der Waals surface area contributed by atoms with Crippen LogP contribution >= 0.6 is 0 Å². The molecule has 0 amide bonds. The molecule has 2 aromatic carbocycles.